The van der Waals surface area contributed by atoms with E-state index in [4.69, 9.17) is 0 Å². The number of imide groups is 1. The van der Waals surface area contributed by atoms with Crippen LogP contribution in [0.2, 0.25) is 0 Å². The normalized spacial score (nSPS) is 22.1. The van der Waals surface area contributed by atoms with Gasteiger partial charge in [-0.3, -0.25) is 19.3 Å². The summed E-state index contributed by atoms with van der Waals surface area (Å²) in [6.45, 7) is 0.257. The molecule has 36 heavy (non-hydrogen) atoms. The molecule has 1 aliphatic carbocycles. The molecular weight excluding hydrogens is 462 g/mol. The third-order valence-electron chi connectivity index (χ3n) is 8.01. The summed E-state index contributed by atoms with van der Waals surface area (Å²) in [5.41, 5.74) is 0.781. The molecule has 3 aliphatic rings. The highest BCUT2D eigenvalue weighted by molar-refractivity contribution is 6.09. The average Bonchev–Trinajstić information content (AvgIpc) is 3.40. The van der Waals surface area contributed by atoms with Crippen molar-refractivity contribution in [3.8, 4) is 0 Å². The van der Waals surface area contributed by atoms with E-state index in [1.165, 1.54) is 11.1 Å². The minimum atomic E-state index is -0.807. The van der Waals surface area contributed by atoms with Gasteiger partial charge in [0.25, 0.3) is 11.8 Å². The Morgan fingerprint density at radius 2 is 1.86 bits per heavy atom. The van der Waals surface area contributed by atoms with Gasteiger partial charge in [-0.25, -0.2) is 14.3 Å². The molecule has 3 fully saturated rings. The van der Waals surface area contributed by atoms with Gasteiger partial charge in [0.15, 0.2) is 5.65 Å². The predicted molar refractivity (Wildman–Crippen MR) is 130 cm³/mol. The van der Waals surface area contributed by atoms with Crippen LogP contribution in [0.5, 0.6) is 0 Å². The fourth-order valence-corrected chi connectivity index (χ4v) is 5.99. The Labute approximate surface area is 210 Å². The number of amides is 5. The van der Waals surface area contributed by atoms with E-state index in [2.05, 4.69) is 10.1 Å². The monoisotopic (exact) mass is 495 g/mol. The van der Waals surface area contributed by atoms with E-state index in [-0.39, 0.29) is 30.3 Å². The summed E-state index contributed by atoms with van der Waals surface area (Å²) in [6, 6.07) is 1.12. The molecule has 1 saturated carbocycles. The van der Waals surface area contributed by atoms with Crippen molar-refractivity contribution in [2.75, 3.05) is 34.2 Å². The van der Waals surface area contributed by atoms with Gasteiger partial charge < -0.3 is 14.7 Å². The number of piperidine rings is 1. The molecule has 2 saturated heterocycles. The van der Waals surface area contributed by atoms with E-state index in [9.17, 15) is 19.2 Å². The number of likely N-dealkylation sites (tertiary alicyclic amines) is 1. The number of nitrogens with zero attached hydrogens (tertiary/aromatic N) is 7. The van der Waals surface area contributed by atoms with Crippen molar-refractivity contribution >= 4 is 29.4 Å². The van der Waals surface area contributed by atoms with Crippen LogP contribution in [0, 0.1) is 0 Å². The summed E-state index contributed by atoms with van der Waals surface area (Å²) < 4.78 is 1.63. The molecule has 5 rings (SSSR count). The predicted octanol–water partition coefficient (Wildman–Crippen LogP) is 2.08. The van der Waals surface area contributed by atoms with Gasteiger partial charge >= 0.3 is 6.03 Å². The first kappa shape index (κ1) is 24.2. The zero-order valence-corrected chi connectivity index (χ0v) is 21.1. The molecule has 11 nitrogen and oxygen atoms in total. The molecule has 0 radical (unpaired) electrons. The van der Waals surface area contributed by atoms with Crippen molar-refractivity contribution in [2.45, 2.75) is 62.9 Å². The number of carbonyl (C=O) groups excluding carboxylic acids is 4. The SMILES string of the molecule is CN(C)C(=O)c1cnn2c([C@H]3CCCCN3C(=O)CN3C(=O)N(C)C4(CCCCC4)C3=O)ccnc12. The Morgan fingerprint density at radius 1 is 1.11 bits per heavy atom. The van der Waals surface area contributed by atoms with Gasteiger partial charge in [-0.2, -0.15) is 5.10 Å². The number of hydrogen-bond acceptors (Lipinski definition) is 6. The molecule has 5 amide bonds. The van der Waals surface area contributed by atoms with Crippen molar-refractivity contribution in [3.05, 3.63) is 29.7 Å². The minimum absolute atomic E-state index is 0.196. The summed E-state index contributed by atoms with van der Waals surface area (Å²) >= 11 is 0. The zero-order chi connectivity index (χ0) is 25.6. The van der Waals surface area contributed by atoms with E-state index in [1.54, 1.807) is 41.7 Å². The molecule has 0 N–H and O–H groups in total. The molecule has 4 heterocycles. The van der Waals surface area contributed by atoms with Crippen molar-refractivity contribution < 1.29 is 19.2 Å². The first-order chi connectivity index (χ1) is 17.3. The molecule has 0 aromatic carbocycles. The maximum absolute atomic E-state index is 13.6. The largest absolute Gasteiger partial charge is 0.345 e. The second-order valence-corrected chi connectivity index (χ2v) is 10.3. The lowest BCUT2D eigenvalue weighted by molar-refractivity contribution is -0.142. The molecule has 1 spiro atoms. The number of aromatic nitrogens is 3. The van der Waals surface area contributed by atoms with Crippen LogP contribution in [-0.4, -0.2) is 97.7 Å². The van der Waals surface area contributed by atoms with E-state index < -0.39 is 11.6 Å². The van der Waals surface area contributed by atoms with Crippen molar-refractivity contribution in [1.82, 2.24) is 34.2 Å². The Hall–Kier alpha value is -3.50. The first-order valence-corrected chi connectivity index (χ1v) is 12.7. The molecule has 2 aromatic rings. The average molecular weight is 496 g/mol. The summed E-state index contributed by atoms with van der Waals surface area (Å²) in [5.74, 6) is -0.704. The van der Waals surface area contributed by atoms with E-state index in [1.807, 2.05) is 6.07 Å². The van der Waals surface area contributed by atoms with Crippen LogP contribution >= 0.6 is 0 Å². The molecule has 2 aliphatic heterocycles. The van der Waals surface area contributed by atoms with Crippen LogP contribution in [-0.2, 0) is 9.59 Å². The van der Waals surface area contributed by atoms with Gasteiger partial charge in [0.1, 0.15) is 17.6 Å². The Balaban J connectivity index is 1.42. The standard InChI is InChI=1S/C25H33N7O4/c1-28(2)22(34)17-15-27-32-19(10-13-26-21(17)32)18-9-5-8-14-30(18)20(33)16-31-23(35)25(29(3)24(31)36)11-6-4-7-12-25/h10,13,15,18H,4-9,11-12,14,16H2,1-3H3/t18-/m1/s1. The van der Waals surface area contributed by atoms with Crippen LogP contribution in [0.4, 0.5) is 4.79 Å². The van der Waals surface area contributed by atoms with E-state index in [0.717, 1.165) is 42.7 Å². The molecular formula is C25H33N7O4. The van der Waals surface area contributed by atoms with Crippen molar-refractivity contribution in [3.63, 3.8) is 0 Å². The number of hydrogen-bond donors (Lipinski definition) is 0. The van der Waals surface area contributed by atoms with Crippen LogP contribution < -0.4 is 0 Å². The molecule has 0 bridgehead atoms. The summed E-state index contributed by atoms with van der Waals surface area (Å²) in [6.07, 6.45) is 9.77. The topological polar surface area (TPSA) is 111 Å². The smallest absolute Gasteiger partial charge is 0.327 e. The second kappa shape index (κ2) is 9.18. The first-order valence-electron chi connectivity index (χ1n) is 12.7. The highest BCUT2D eigenvalue weighted by Gasteiger charge is 2.56. The number of rotatable bonds is 4. The van der Waals surface area contributed by atoms with Crippen LogP contribution in [0.25, 0.3) is 5.65 Å². The van der Waals surface area contributed by atoms with Gasteiger partial charge in [0.2, 0.25) is 5.91 Å². The summed E-state index contributed by atoms with van der Waals surface area (Å²) in [4.78, 5) is 62.9. The quantitative estimate of drug-likeness (QED) is 0.601. The third kappa shape index (κ3) is 3.72. The maximum Gasteiger partial charge on any atom is 0.327 e. The van der Waals surface area contributed by atoms with Gasteiger partial charge in [-0.1, -0.05) is 19.3 Å². The van der Waals surface area contributed by atoms with Gasteiger partial charge in [0, 0.05) is 33.9 Å². The number of fused-ring (bicyclic) bond motifs is 1. The van der Waals surface area contributed by atoms with Gasteiger partial charge in [-0.15, -0.1) is 0 Å². The van der Waals surface area contributed by atoms with Gasteiger partial charge in [0.05, 0.1) is 17.9 Å². The van der Waals surface area contributed by atoms with Crippen LogP contribution in [0.3, 0.4) is 0 Å². The Bertz CT molecular complexity index is 1220. The highest BCUT2D eigenvalue weighted by atomic mass is 16.2. The molecule has 11 heteroatoms. The number of urea groups is 1. The summed E-state index contributed by atoms with van der Waals surface area (Å²) in [7, 11) is 5.03. The Morgan fingerprint density at radius 3 is 2.58 bits per heavy atom. The molecule has 1 atom stereocenters. The molecule has 0 unspecified atom stereocenters. The lowest BCUT2D eigenvalue weighted by Crippen LogP contribution is -2.50. The van der Waals surface area contributed by atoms with Crippen molar-refractivity contribution in [2.24, 2.45) is 0 Å². The lowest BCUT2D eigenvalue weighted by Gasteiger charge is -2.37. The Kier molecular flexibility index (Phi) is 6.17. The fourth-order valence-electron chi connectivity index (χ4n) is 5.99. The fraction of sp³-hybridized carbons (Fsp3) is 0.600. The van der Waals surface area contributed by atoms with E-state index in [0.29, 0.717) is 37.0 Å². The minimum Gasteiger partial charge on any atom is -0.345 e. The third-order valence-corrected chi connectivity index (χ3v) is 8.01. The molecule has 192 valence electrons. The molecule has 2 aromatic heterocycles. The number of likely N-dealkylation sites (N-methyl/N-ethyl adjacent to an activating group) is 1. The van der Waals surface area contributed by atoms with Crippen LogP contribution in [0.1, 0.15) is 73.5 Å². The second-order valence-electron chi connectivity index (χ2n) is 10.3. The maximum atomic E-state index is 13.6. The van der Waals surface area contributed by atoms with Gasteiger partial charge in [-0.05, 0) is 38.2 Å². The highest BCUT2D eigenvalue weighted by Crippen LogP contribution is 2.40. The number of carbonyl (C=O) groups is 4. The van der Waals surface area contributed by atoms with Crippen LogP contribution in [0.15, 0.2) is 18.5 Å². The summed E-state index contributed by atoms with van der Waals surface area (Å²) in [5, 5.41) is 4.43. The van der Waals surface area contributed by atoms with E-state index >= 15 is 0 Å². The zero-order valence-electron chi connectivity index (χ0n) is 21.1. The van der Waals surface area contributed by atoms with Crippen molar-refractivity contribution in [1.29, 1.82) is 0 Å². The lowest BCUT2D eigenvalue weighted by atomic mass is 9.81.